The average molecular weight is 358 g/mol. The van der Waals surface area contributed by atoms with E-state index in [0.29, 0.717) is 0 Å². The second kappa shape index (κ2) is 8.83. The first-order valence-electron chi connectivity index (χ1n) is 9.55. The molecule has 0 N–H and O–H groups in total. The molecule has 0 unspecified atom stereocenters. The van der Waals surface area contributed by atoms with Gasteiger partial charge in [-0.25, -0.2) is 0 Å². The van der Waals surface area contributed by atoms with Gasteiger partial charge in [0.05, 0.1) is 0 Å². The van der Waals surface area contributed by atoms with E-state index in [1.54, 1.807) is 0 Å². The largest absolute Gasteiger partial charge is 0.0622 e. The van der Waals surface area contributed by atoms with Gasteiger partial charge >= 0.3 is 0 Å². The number of benzene rings is 4. The standard InChI is InChI=1S/C28H22/c1-4-11-23(12-5-1)13-10-18-28(26-16-8-3-9-17-26)27-21-19-25(20-22-27)24-14-6-2-7-15-24/h1-22H/b13-10-,28-18-. The fourth-order valence-corrected chi connectivity index (χ4v) is 3.27. The van der Waals surface area contributed by atoms with E-state index in [2.05, 4.69) is 121 Å². The van der Waals surface area contributed by atoms with E-state index in [0.717, 1.165) is 0 Å². The van der Waals surface area contributed by atoms with Crippen molar-refractivity contribution in [3.8, 4) is 11.1 Å². The van der Waals surface area contributed by atoms with E-state index in [-0.39, 0.29) is 0 Å². The highest BCUT2D eigenvalue weighted by Gasteiger charge is 2.05. The van der Waals surface area contributed by atoms with Gasteiger partial charge in [-0.2, -0.15) is 0 Å². The molecule has 0 fully saturated rings. The van der Waals surface area contributed by atoms with E-state index in [9.17, 15) is 0 Å². The van der Waals surface area contributed by atoms with Gasteiger partial charge in [0.2, 0.25) is 0 Å². The summed E-state index contributed by atoms with van der Waals surface area (Å²) in [5.41, 5.74) is 7.31. The molecule has 0 atom stereocenters. The summed E-state index contributed by atoms with van der Waals surface area (Å²) in [4.78, 5) is 0. The van der Waals surface area contributed by atoms with Gasteiger partial charge < -0.3 is 0 Å². The molecule has 0 radical (unpaired) electrons. The van der Waals surface area contributed by atoms with Crippen molar-refractivity contribution in [3.05, 3.63) is 144 Å². The molecule has 0 nitrogen and oxygen atoms in total. The Morgan fingerprint density at radius 1 is 0.464 bits per heavy atom. The zero-order valence-corrected chi connectivity index (χ0v) is 15.7. The van der Waals surface area contributed by atoms with Crippen LogP contribution < -0.4 is 0 Å². The molecule has 0 aliphatic rings. The average Bonchev–Trinajstić information content (AvgIpc) is 2.79. The second-order valence-electron chi connectivity index (χ2n) is 6.66. The molecule has 0 aromatic heterocycles. The van der Waals surface area contributed by atoms with Crippen LogP contribution >= 0.6 is 0 Å². The van der Waals surface area contributed by atoms with Gasteiger partial charge in [0, 0.05) is 0 Å². The Bertz CT molecular complexity index is 1060. The SMILES string of the molecule is C(=C/c1ccccc1)/C=C(/c1ccccc1)c1ccc(-c2ccccc2)cc1. The summed E-state index contributed by atoms with van der Waals surface area (Å²) >= 11 is 0. The van der Waals surface area contributed by atoms with Crippen molar-refractivity contribution in [3.63, 3.8) is 0 Å². The summed E-state index contributed by atoms with van der Waals surface area (Å²) in [6.07, 6.45) is 6.46. The van der Waals surface area contributed by atoms with Crippen molar-refractivity contribution < 1.29 is 0 Å². The third kappa shape index (κ3) is 4.36. The van der Waals surface area contributed by atoms with Gasteiger partial charge in [0.25, 0.3) is 0 Å². The molecule has 134 valence electrons. The number of rotatable bonds is 5. The van der Waals surface area contributed by atoms with Crippen LogP contribution in [0.5, 0.6) is 0 Å². The normalized spacial score (nSPS) is 11.6. The predicted octanol–water partition coefficient (Wildman–Crippen LogP) is 7.50. The Hall–Kier alpha value is -3.64. The highest BCUT2D eigenvalue weighted by Crippen LogP contribution is 2.27. The van der Waals surface area contributed by atoms with Crippen molar-refractivity contribution in [1.82, 2.24) is 0 Å². The molecule has 4 aromatic carbocycles. The monoisotopic (exact) mass is 358 g/mol. The molecule has 0 aliphatic heterocycles. The molecule has 0 saturated heterocycles. The van der Waals surface area contributed by atoms with E-state index < -0.39 is 0 Å². The maximum Gasteiger partial charge on any atom is -0.0111 e. The summed E-state index contributed by atoms with van der Waals surface area (Å²) in [6, 6.07) is 40.2. The molecule has 0 heterocycles. The lowest BCUT2D eigenvalue weighted by molar-refractivity contribution is 1.53. The van der Waals surface area contributed by atoms with Crippen molar-refractivity contribution in [2.45, 2.75) is 0 Å². The zero-order valence-electron chi connectivity index (χ0n) is 15.7. The summed E-state index contributed by atoms with van der Waals surface area (Å²) in [7, 11) is 0. The van der Waals surface area contributed by atoms with Crippen LogP contribution in [0.25, 0.3) is 22.8 Å². The topological polar surface area (TPSA) is 0 Å². The van der Waals surface area contributed by atoms with Crippen molar-refractivity contribution >= 4 is 11.6 Å². The minimum Gasteiger partial charge on any atom is -0.0622 e. The van der Waals surface area contributed by atoms with E-state index in [4.69, 9.17) is 0 Å². The Balaban J connectivity index is 1.68. The number of allylic oxidation sites excluding steroid dienone is 2. The van der Waals surface area contributed by atoms with Crippen LogP contribution in [0.1, 0.15) is 16.7 Å². The number of hydrogen-bond acceptors (Lipinski definition) is 0. The lowest BCUT2D eigenvalue weighted by atomic mass is 9.95. The first-order chi connectivity index (χ1) is 13.9. The summed E-state index contributed by atoms with van der Waals surface area (Å²) in [5, 5.41) is 0. The highest BCUT2D eigenvalue weighted by molar-refractivity contribution is 5.82. The maximum atomic E-state index is 2.21. The lowest BCUT2D eigenvalue weighted by Gasteiger charge is -2.09. The molecule has 0 aliphatic carbocycles. The minimum absolute atomic E-state index is 1.20. The van der Waals surface area contributed by atoms with Crippen LogP contribution in [-0.4, -0.2) is 0 Å². The first-order valence-corrected chi connectivity index (χ1v) is 9.55. The van der Waals surface area contributed by atoms with Gasteiger partial charge in [-0.1, -0.05) is 133 Å². The van der Waals surface area contributed by atoms with Crippen LogP contribution in [0.15, 0.2) is 127 Å². The van der Waals surface area contributed by atoms with Crippen molar-refractivity contribution in [2.75, 3.05) is 0 Å². The highest BCUT2D eigenvalue weighted by atomic mass is 14.1. The van der Waals surface area contributed by atoms with E-state index in [1.165, 1.54) is 33.4 Å². The maximum absolute atomic E-state index is 2.21. The Kier molecular flexibility index (Phi) is 5.60. The smallest absolute Gasteiger partial charge is 0.0111 e. The van der Waals surface area contributed by atoms with Crippen LogP contribution in [0.4, 0.5) is 0 Å². The Morgan fingerprint density at radius 3 is 1.61 bits per heavy atom. The van der Waals surface area contributed by atoms with Gasteiger partial charge in [-0.05, 0) is 33.4 Å². The summed E-state index contributed by atoms with van der Waals surface area (Å²) in [5.74, 6) is 0. The van der Waals surface area contributed by atoms with Crippen LogP contribution in [0.3, 0.4) is 0 Å². The lowest BCUT2D eigenvalue weighted by Crippen LogP contribution is -1.88. The number of hydrogen-bond donors (Lipinski definition) is 0. The quantitative estimate of drug-likeness (QED) is 0.324. The molecule has 4 rings (SSSR count). The zero-order chi connectivity index (χ0) is 19.0. The van der Waals surface area contributed by atoms with Crippen molar-refractivity contribution in [1.29, 1.82) is 0 Å². The van der Waals surface area contributed by atoms with E-state index >= 15 is 0 Å². The molecule has 0 amide bonds. The Morgan fingerprint density at radius 2 is 0.964 bits per heavy atom. The summed E-state index contributed by atoms with van der Waals surface area (Å²) in [6.45, 7) is 0. The molecular formula is C28H22. The second-order valence-corrected chi connectivity index (χ2v) is 6.66. The molecular weight excluding hydrogens is 336 g/mol. The van der Waals surface area contributed by atoms with Gasteiger partial charge in [0.1, 0.15) is 0 Å². The molecule has 0 spiro atoms. The van der Waals surface area contributed by atoms with Crippen LogP contribution in [-0.2, 0) is 0 Å². The van der Waals surface area contributed by atoms with Gasteiger partial charge in [0.15, 0.2) is 0 Å². The molecule has 28 heavy (non-hydrogen) atoms. The molecule has 0 bridgehead atoms. The molecule has 0 heteroatoms. The van der Waals surface area contributed by atoms with E-state index in [1.807, 2.05) is 12.1 Å². The van der Waals surface area contributed by atoms with Crippen LogP contribution in [0.2, 0.25) is 0 Å². The third-order valence-electron chi connectivity index (χ3n) is 4.74. The van der Waals surface area contributed by atoms with Crippen LogP contribution in [0, 0.1) is 0 Å². The summed E-state index contributed by atoms with van der Waals surface area (Å²) < 4.78 is 0. The fraction of sp³-hybridized carbons (Fsp3) is 0. The minimum atomic E-state index is 1.20. The molecule has 4 aromatic rings. The van der Waals surface area contributed by atoms with Gasteiger partial charge in [-0.3, -0.25) is 0 Å². The predicted molar refractivity (Wildman–Crippen MR) is 121 cm³/mol. The third-order valence-corrected chi connectivity index (χ3v) is 4.74. The van der Waals surface area contributed by atoms with Gasteiger partial charge in [-0.15, -0.1) is 0 Å². The molecule has 0 saturated carbocycles. The Labute approximate surface area is 167 Å². The van der Waals surface area contributed by atoms with Crippen molar-refractivity contribution in [2.24, 2.45) is 0 Å². The first kappa shape index (κ1) is 17.8. The fourth-order valence-electron chi connectivity index (χ4n) is 3.27.